The molecular formula is C15H22N2O5S. The largest absolute Gasteiger partial charge is 0.497 e. The smallest absolute Gasteiger partial charge is 0.317 e. The van der Waals surface area contributed by atoms with E-state index in [4.69, 9.17) is 9.47 Å². The normalized spacial score (nSPS) is 18.1. The van der Waals surface area contributed by atoms with Crippen LogP contribution in [0, 0.1) is 0 Å². The van der Waals surface area contributed by atoms with Crippen LogP contribution in [0.15, 0.2) is 18.2 Å². The molecule has 128 valence electrons. The number of sulfone groups is 1. The van der Waals surface area contributed by atoms with Crippen molar-refractivity contribution >= 4 is 15.9 Å². The molecule has 1 aromatic carbocycles. The number of ether oxygens (including phenoxy) is 2. The average Bonchev–Trinajstić information content (AvgIpc) is 2.53. The van der Waals surface area contributed by atoms with E-state index in [1.807, 2.05) is 13.0 Å². The first-order chi connectivity index (χ1) is 10.9. The third kappa shape index (κ3) is 4.28. The van der Waals surface area contributed by atoms with Crippen molar-refractivity contribution in [2.45, 2.75) is 13.0 Å². The number of methoxy groups -OCH3 is 2. The Hall–Kier alpha value is -1.96. The van der Waals surface area contributed by atoms with E-state index >= 15 is 0 Å². The predicted molar refractivity (Wildman–Crippen MR) is 86.7 cm³/mol. The molecule has 23 heavy (non-hydrogen) atoms. The minimum Gasteiger partial charge on any atom is -0.497 e. The summed E-state index contributed by atoms with van der Waals surface area (Å²) in [6.45, 7) is 2.28. The third-order valence-electron chi connectivity index (χ3n) is 3.87. The highest BCUT2D eigenvalue weighted by Gasteiger charge is 2.26. The first-order valence-electron chi connectivity index (χ1n) is 7.34. The van der Waals surface area contributed by atoms with Crippen LogP contribution in [0.1, 0.15) is 18.5 Å². The number of benzene rings is 1. The quantitative estimate of drug-likeness (QED) is 0.889. The van der Waals surface area contributed by atoms with Crippen molar-refractivity contribution in [2.24, 2.45) is 0 Å². The molecule has 0 saturated carbocycles. The summed E-state index contributed by atoms with van der Waals surface area (Å²) in [5, 5.41) is 2.88. The molecule has 2 amide bonds. The second kappa shape index (κ2) is 7.08. The van der Waals surface area contributed by atoms with E-state index in [0.717, 1.165) is 5.56 Å². The monoisotopic (exact) mass is 342 g/mol. The van der Waals surface area contributed by atoms with Gasteiger partial charge in [-0.25, -0.2) is 13.2 Å². The summed E-state index contributed by atoms with van der Waals surface area (Å²) in [5.74, 6) is 1.35. The predicted octanol–water partition coefficient (Wildman–Crippen LogP) is 1.20. The topological polar surface area (TPSA) is 84.9 Å². The molecule has 0 aliphatic carbocycles. The van der Waals surface area contributed by atoms with Gasteiger partial charge in [-0.05, 0) is 25.1 Å². The van der Waals surface area contributed by atoms with E-state index in [1.54, 1.807) is 26.4 Å². The van der Waals surface area contributed by atoms with Gasteiger partial charge in [-0.3, -0.25) is 0 Å². The number of rotatable bonds is 4. The van der Waals surface area contributed by atoms with E-state index in [9.17, 15) is 13.2 Å². The Balaban J connectivity index is 2.06. The number of amides is 2. The second-order valence-corrected chi connectivity index (χ2v) is 7.72. The van der Waals surface area contributed by atoms with Gasteiger partial charge in [0.25, 0.3) is 0 Å². The van der Waals surface area contributed by atoms with Crippen LogP contribution in [0.4, 0.5) is 4.79 Å². The molecule has 0 bridgehead atoms. The summed E-state index contributed by atoms with van der Waals surface area (Å²) in [4.78, 5) is 13.8. The van der Waals surface area contributed by atoms with Crippen molar-refractivity contribution in [2.75, 3.05) is 38.8 Å². The highest BCUT2D eigenvalue weighted by Crippen LogP contribution is 2.29. The lowest BCUT2D eigenvalue weighted by Gasteiger charge is -2.28. The Kier molecular flexibility index (Phi) is 5.35. The van der Waals surface area contributed by atoms with Gasteiger partial charge in [0.1, 0.15) is 11.5 Å². The SMILES string of the molecule is COc1ccc(OC)c([C@H](C)NC(=O)N2CCS(=O)(=O)CC2)c1. The Labute approximate surface area is 136 Å². The van der Waals surface area contributed by atoms with E-state index < -0.39 is 9.84 Å². The molecular weight excluding hydrogens is 320 g/mol. The first kappa shape index (κ1) is 17.4. The Morgan fingerprint density at radius 2 is 1.87 bits per heavy atom. The van der Waals surface area contributed by atoms with Crippen molar-refractivity contribution < 1.29 is 22.7 Å². The summed E-state index contributed by atoms with van der Waals surface area (Å²) in [6, 6.07) is 4.80. The van der Waals surface area contributed by atoms with E-state index in [2.05, 4.69) is 5.32 Å². The molecule has 8 heteroatoms. The number of nitrogens with one attached hydrogen (secondary N) is 1. The van der Waals surface area contributed by atoms with Crippen molar-refractivity contribution in [1.29, 1.82) is 0 Å². The number of carbonyl (C=O) groups excluding carboxylic acids is 1. The van der Waals surface area contributed by atoms with Crippen molar-refractivity contribution in [3.05, 3.63) is 23.8 Å². The van der Waals surface area contributed by atoms with Crippen LogP contribution in [0.25, 0.3) is 0 Å². The van der Waals surface area contributed by atoms with Crippen molar-refractivity contribution in [3.63, 3.8) is 0 Å². The first-order valence-corrected chi connectivity index (χ1v) is 9.16. The van der Waals surface area contributed by atoms with Crippen LogP contribution in [-0.2, 0) is 9.84 Å². The molecule has 0 unspecified atom stereocenters. The van der Waals surface area contributed by atoms with Crippen LogP contribution in [0.5, 0.6) is 11.5 Å². The lowest BCUT2D eigenvalue weighted by molar-refractivity contribution is 0.198. The Morgan fingerprint density at radius 3 is 2.43 bits per heavy atom. The number of urea groups is 1. The minimum absolute atomic E-state index is 0.0112. The van der Waals surface area contributed by atoms with E-state index in [-0.39, 0.29) is 36.7 Å². The molecule has 1 saturated heterocycles. The van der Waals surface area contributed by atoms with E-state index in [0.29, 0.717) is 11.5 Å². The number of hydrogen-bond acceptors (Lipinski definition) is 5. The second-order valence-electron chi connectivity index (χ2n) is 5.42. The Morgan fingerprint density at radius 1 is 1.22 bits per heavy atom. The standard InChI is InChI=1S/C15H22N2O5S/c1-11(13-10-12(21-2)4-5-14(13)22-3)16-15(18)17-6-8-23(19,20)9-7-17/h4-5,10-11H,6-9H2,1-3H3,(H,16,18)/t11-/m0/s1. The van der Waals surface area contributed by atoms with Crippen molar-refractivity contribution in [3.8, 4) is 11.5 Å². The zero-order valence-corrected chi connectivity index (χ0v) is 14.4. The van der Waals surface area contributed by atoms with Gasteiger partial charge >= 0.3 is 6.03 Å². The Bertz CT molecular complexity index is 660. The van der Waals surface area contributed by atoms with Crippen LogP contribution >= 0.6 is 0 Å². The maximum atomic E-state index is 12.3. The van der Waals surface area contributed by atoms with Gasteiger partial charge < -0.3 is 19.7 Å². The fourth-order valence-corrected chi connectivity index (χ4v) is 3.65. The minimum atomic E-state index is -3.01. The van der Waals surface area contributed by atoms with Crippen molar-refractivity contribution in [1.82, 2.24) is 10.2 Å². The van der Waals surface area contributed by atoms with Gasteiger partial charge in [0.15, 0.2) is 9.84 Å². The van der Waals surface area contributed by atoms with Gasteiger partial charge in [0.05, 0.1) is 31.8 Å². The van der Waals surface area contributed by atoms with Gasteiger partial charge in [-0.15, -0.1) is 0 Å². The molecule has 7 nitrogen and oxygen atoms in total. The summed E-state index contributed by atoms with van der Waals surface area (Å²) in [5.41, 5.74) is 0.796. The molecule has 1 fully saturated rings. The fourth-order valence-electron chi connectivity index (χ4n) is 2.45. The molecule has 1 aliphatic heterocycles. The van der Waals surface area contributed by atoms with Gasteiger partial charge in [0, 0.05) is 18.7 Å². The van der Waals surface area contributed by atoms with Crippen LogP contribution in [-0.4, -0.2) is 58.2 Å². The number of hydrogen-bond donors (Lipinski definition) is 1. The summed E-state index contributed by atoms with van der Waals surface area (Å²) in [6.07, 6.45) is 0. The summed E-state index contributed by atoms with van der Waals surface area (Å²) in [7, 11) is 0.130. The molecule has 1 heterocycles. The maximum absolute atomic E-state index is 12.3. The summed E-state index contributed by atoms with van der Waals surface area (Å²) >= 11 is 0. The molecule has 1 aromatic rings. The molecule has 1 aliphatic rings. The average molecular weight is 342 g/mol. The van der Waals surface area contributed by atoms with Gasteiger partial charge in [-0.2, -0.15) is 0 Å². The summed E-state index contributed by atoms with van der Waals surface area (Å²) < 4.78 is 33.4. The zero-order valence-electron chi connectivity index (χ0n) is 13.5. The van der Waals surface area contributed by atoms with E-state index in [1.165, 1.54) is 4.90 Å². The van der Waals surface area contributed by atoms with Crippen LogP contribution in [0.2, 0.25) is 0 Å². The lowest BCUT2D eigenvalue weighted by atomic mass is 10.1. The van der Waals surface area contributed by atoms with Crippen LogP contribution in [0.3, 0.4) is 0 Å². The lowest BCUT2D eigenvalue weighted by Crippen LogP contribution is -2.48. The number of carbonyl (C=O) groups is 1. The molecule has 0 spiro atoms. The van der Waals surface area contributed by atoms with Crippen LogP contribution < -0.4 is 14.8 Å². The third-order valence-corrected chi connectivity index (χ3v) is 5.48. The zero-order chi connectivity index (χ0) is 17.0. The number of nitrogens with zero attached hydrogens (tertiary/aromatic N) is 1. The molecule has 1 N–H and O–H groups in total. The molecule has 0 radical (unpaired) electrons. The fraction of sp³-hybridized carbons (Fsp3) is 0.533. The maximum Gasteiger partial charge on any atom is 0.317 e. The van der Waals surface area contributed by atoms with Gasteiger partial charge in [-0.1, -0.05) is 0 Å². The molecule has 1 atom stereocenters. The molecule has 2 rings (SSSR count). The molecule has 0 aromatic heterocycles. The van der Waals surface area contributed by atoms with Gasteiger partial charge in [0.2, 0.25) is 0 Å². The highest BCUT2D eigenvalue weighted by atomic mass is 32.2. The highest BCUT2D eigenvalue weighted by molar-refractivity contribution is 7.91.